The van der Waals surface area contributed by atoms with Crippen LogP contribution in [0.4, 0.5) is 0 Å². The van der Waals surface area contributed by atoms with Crippen molar-refractivity contribution in [3.63, 3.8) is 0 Å². The van der Waals surface area contributed by atoms with Gasteiger partial charge in [0.2, 0.25) is 5.91 Å². The first-order valence-electron chi connectivity index (χ1n) is 6.71. The maximum Gasteiger partial charge on any atom is 0.252 e. The Morgan fingerprint density at radius 2 is 1.95 bits per heavy atom. The molecule has 0 unspecified atom stereocenters. The van der Waals surface area contributed by atoms with E-state index in [4.69, 9.17) is 0 Å². The first kappa shape index (κ1) is 15.2. The minimum atomic E-state index is -0.0894. The quantitative estimate of drug-likeness (QED) is 0.768. The molecule has 2 aromatic heterocycles. The van der Waals surface area contributed by atoms with Crippen molar-refractivity contribution in [2.75, 3.05) is 6.54 Å². The molecule has 2 rings (SSSR count). The predicted octanol–water partition coefficient (Wildman–Crippen LogP) is 1.97. The lowest BCUT2D eigenvalue weighted by Crippen LogP contribution is -2.27. The molecule has 2 heterocycles. The Morgan fingerprint density at radius 3 is 2.67 bits per heavy atom. The summed E-state index contributed by atoms with van der Waals surface area (Å²) in [6.45, 7) is 1.000. The lowest BCUT2D eigenvalue weighted by atomic mass is 10.2. The first-order valence-corrected chi connectivity index (χ1v) is 7.66. The zero-order valence-electron chi connectivity index (χ0n) is 11.5. The van der Waals surface area contributed by atoms with Crippen LogP contribution in [0.3, 0.4) is 0 Å². The third kappa shape index (κ3) is 5.35. The Morgan fingerprint density at radius 1 is 1.14 bits per heavy atom. The summed E-state index contributed by atoms with van der Waals surface area (Å²) in [5.41, 5.74) is 1.69. The van der Waals surface area contributed by atoms with Gasteiger partial charge in [0.1, 0.15) is 0 Å². The van der Waals surface area contributed by atoms with Crippen LogP contribution in [-0.2, 0) is 11.3 Å². The van der Waals surface area contributed by atoms with Gasteiger partial charge in [0.05, 0.1) is 0 Å². The number of hydrogen-bond acceptors (Lipinski definition) is 4. The Kier molecular flexibility index (Phi) is 5.90. The van der Waals surface area contributed by atoms with Gasteiger partial charge in [-0.15, -0.1) is 0 Å². The monoisotopic (exact) mass is 303 g/mol. The molecule has 2 aromatic rings. The SMILES string of the molecule is O=C(CCCNC(=O)c1ccsc1)NCc1ccncc1. The second-order valence-corrected chi connectivity index (χ2v) is 5.28. The molecule has 21 heavy (non-hydrogen) atoms. The number of thiophene rings is 1. The highest BCUT2D eigenvalue weighted by Gasteiger charge is 2.05. The molecule has 0 atom stereocenters. The Balaban J connectivity index is 1.58. The molecule has 0 aliphatic heterocycles. The summed E-state index contributed by atoms with van der Waals surface area (Å²) in [6, 6.07) is 5.50. The molecular formula is C15H17N3O2S. The predicted molar refractivity (Wildman–Crippen MR) is 82.0 cm³/mol. The molecule has 0 saturated heterocycles. The van der Waals surface area contributed by atoms with Crippen molar-refractivity contribution in [1.29, 1.82) is 0 Å². The number of rotatable bonds is 7. The maximum atomic E-state index is 11.7. The Hall–Kier alpha value is -2.21. The van der Waals surface area contributed by atoms with Crippen LogP contribution in [0.2, 0.25) is 0 Å². The van der Waals surface area contributed by atoms with E-state index < -0.39 is 0 Å². The van der Waals surface area contributed by atoms with E-state index in [0.29, 0.717) is 31.5 Å². The van der Waals surface area contributed by atoms with Gasteiger partial charge in [-0.2, -0.15) is 11.3 Å². The highest BCUT2D eigenvalue weighted by atomic mass is 32.1. The number of pyridine rings is 1. The molecule has 2 amide bonds. The van der Waals surface area contributed by atoms with Gasteiger partial charge in [0.15, 0.2) is 0 Å². The van der Waals surface area contributed by atoms with Gasteiger partial charge >= 0.3 is 0 Å². The van der Waals surface area contributed by atoms with Crippen LogP contribution in [-0.4, -0.2) is 23.3 Å². The smallest absolute Gasteiger partial charge is 0.252 e. The molecule has 0 aromatic carbocycles. The fourth-order valence-electron chi connectivity index (χ4n) is 1.74. The van der Waals surface area contributed by atoms with Crippen LogP contribution < -0.4 is 10.6 Å². The summed E-state index contributed by atoms with van der Waals surface area (Å²) in [7, 11) is 0. The van der Waals surface area contributed by atoms with Crippen LogP contribution >= 0.6 is 11.3 Å². The molecule has 0 fully saturated rings. The van der Waals surface area contributed by atoms with Crippen molar-refractivity contribution in [2.45, 2.75) is 19.4 Å². The molecule has 0 bridgehead atoms. The van der Waals surface area contributed by atoms with Crippen LogP contribution in [0.25, 0.3) is 0 Å². The molecule has 0 aliphatic rings. The number of nitrogens with one attached hydrogen (secondary N) is 2. The number of hydrogen-bond donors (Lipinski definition) is 2. The van der Waals surface area contributed by atoms with Crippen molar-refractivity contribution in [3.8, 4) is 0 Å². The lowest BCUT2D eigenvalue weighted by molar-refractivity contribution is -0.121. The van der Waals surface area contributed by atoms with E-state index in [0.717, 1.165) is 5.56 Å². The molecular weight excluding hydrogens is 286 g/mol. The maximum absolute atomic E-state index is 11.7. The van der Waals surface area contributed by atoms with E-state index in [2.05, 4.69) is 15.6 Å². The van der Waals surface area contributed by atoms with Crippen molar-refractivity contribution in [3.05, 3.63) is 52.5 Å². The zero-order valence-corrected chi connectivity index (χ0v) is 12.4. The van der Waals surface area contributed by atoms with Crippen LogP contribution in [0.1, 0.15) is 28.8 Å². The normalized spacial score (nSPS) is 10.1. The third-order valence-corrected chi connectivity index (χ3v) is 3.57. The molecule has 0 radical (unpaired) electrons. The van der Waals surface area contributed by atoms with Crippen LogP contribution in [0, 0.1) is 0 Å². The summed E-state index contributed by atoms with van der Waals surface area (Å²) < 4.78 is 0. The highest BCUT2D eigenvalue weighted by Crippen LogP contribution is 2.05. The summed E-state index contributed by atoms with van der Waals surface area (Å²) in [4.78, 5) is 27.2. The Labute approximate surface area is 127 Å². The van der Waals surface area contributed by atoms with Crippen molar-refractivity contribution in [2.24, 2.45) is 0 Å². The van der Waals surface area contributed by atoms with E-state index in [1.807, 2.05) is 17.5 Å². The third-order valence-electron chi connectivity index (χ3n) is 2.89. The fourth-order valence-corrected chi connectivity index (χ4v) is 2.37. The number of carbonyl (C=O) groups excluding carboxylic acids is 2. The lowest BCUT2D eigenvalue weighted by Gasteiger charge is -2.06. The summed E-state index contributed by atoms with van der Waals surface area (Å²) in [6.07, 6.45) is 4.41. The summed E-state index contributed by atoms with van der Waals surface area (Å²) in [5, 5.41) is 9.30. The molecule has 0 aliphatic carbocycles. The molecule has 110 valence electrons. The molecule has 0 saturated carbocycles. The van der Waals surface area contributed by atoms with Crippen LogP contribution in [0.5, 0.6) is 0 Å². The van der Waals surface area contributed by atoms with E-state index in [-0.39, 0.29) is 11.8 Å². The van der Waals surface area contributed by atoms with E-state index in [9.17, 15) is 9.59 Å². The number of carbonyl (C=O) groups is 2. The van der Waals surface area contributed by atoms with Crippen molar-refractivity contribution < 1.29 is 9.59 Å². The largest absolute Gasteiger partial charge is 0.352 e. The van der Waals surface area contributed by atoms with Gasteiger partial charge in [0.25, 0.3) is 5.91 Å². The van der Waals surface area contributed by atoms with Gasteiger partial charge < -0.3 is 10.6 Å². The average Bonchev–Trinajstić information content (AvgIpc) is 3.05. The minimum absolute atomic E-state index is 0.0170. The molecule has 5 nitrogen and oxygen atoms in total. The van der Waals surface area contributed by atoms with Gasteiger partial charge in [-0.25, -0.2) is 0 Å². The standard InChI is InChI=1S/C15H17N3O2S/c19-14(18-10-12-3-7-16-8-4-12)2-1-6-17-15(20)13-5-9-21-11-13/h3-5,7-9,11H,1-2,6,10H2,(H,17,20)(H,18,19). The van der Waals surface area contributed by atoms with Crippen molar-refractivity contribution in [1.82, 2.24) is 15.6 Å². The minimum Gasteiger partial charge on any atom is -0.352 e. The number of amides is 2. The topological polar surface area (TPSA) is 71.1 Å². The van der Waals surface area contributed by atoms with E-state index in [1.165, 1.54) is 11.3 Å². The number of aromatic nitrogens is 1. The second-order valence-electron chi connectivity index (χ2n) is 4.50. The van der Waals surface area contributed by atoms with E-state index >= 15 is 0 Å². The highest BCUT2D eigenvalue weighted by molar-refractivity contribution is 7.08. The molecule has 6 heteroatoms. The summed E-state index contributed by atoms with van der Waals surface area (Å²) in [5.74, 6) is -0.106. The van der Waals surface area contributed by atoms with Crippen LogP contribution in [0.15, 0.2) is 41.4 Å². The van der Waals surface area contributed by atoms with E-state index in [1.54, 1.807) is 23.8 Å². The Bertz CT molecular complexity index is 570. The zero-order chi connectivity index (χ0) is 14.9. The fraction of sp³-hybridized carbons (Fsp3) is 0.267. The van der Waals surface area contributed by atoms with Gasteiger partial charge in [-0.3, -0.25) is 14.6 Å². The average molecular weight is 303 g/mol. The van der Waals surface area contributed by atoms with Gasteiger partial charge in [-0.1, -0.05) is 0 Å². The first-order chi connectivity index (χ1) is 10.3. The molecule has 2 N–H and O–H groups in total. The van der Waals surface area contributed by atoms with Gasteiger partial charge in [-0.05, 0) is 35.6 Å². The van der Waals surface area contributed by atoms with Gasteiger partial charge in [0, 0.05) is 42.8 Å². The summed E-state index contributed by atoms with van der Waals surface area (Å²) >= 11 is 1.49. The number of nitrogens with zero attached hydrogens (tertiary/aromatic N) is 1. The molecule has 0 spiro atoms. The second kappa shape index (κ2) is 8.16. The van der Waals surface area contributed by atoms with Crippen molar-refractivity contribution >= 4 is 23.2 Å².